The van der Waals surface area contributed by atoms with Crippen LogP contribution in [0.2, 0.25) is 0 Å². The van der Waals surface area contributed by atoms with Crippen LogP contribution in [-0.4, -0.2) is 38.9 Å². The predicted molar refractivity (Wildman–Crippen MR) is 79.7 cm³/mol. The Bertz CT molecular complexity index is 397. The highest BCUT2D eigenvalue weighted by Gasteiger charge is 2.21. The topological polar surface area (TPSA) is 33.3 Å². The van der Waals surface area contributed by atoms with Gasteiger partial charge in [0, 0.05) is 31.6 Å². The summed E-state index contributed by atoms with van der Waals surface area (Å²) in [6.45, 7) is 11.4. The summed E-state index contributed by atoms with van der Waals surface area (Å²) in [5.41, 5.74) is 2.86. The third kappa shape index (κ3) is 4.30. The zero-order valence-corrected chi connectivity index (χ0v) is 12.3. The van der Waals surface area contributed by atoms with Gasteiger partial charge in [-0.3, -0.25) is 0 Å². The molecule has 1 aliphatic rings. The molecule has 19 heavy (non-hydrogen) atoms. The lowest BCUT2D eigenvalue weighted by molar-refractivity contribution is 0.0287. The van der Waals surface area contributed by atoms with Gasteiger partial charge in [-0.1, -0.05) is 43.7 Å². The summed E-state index contributed by atoms with van der Waals surface area (Å²) in [6.07, 6.45) is 0.307. The van der Waals surface area contributed by atoms with Crippen molar-refractivity contribution in [2.75, 3.05) is 32.8 Å². The zero-order valence-electron chi connectivity index (χ0n) is 12.3. The largest absolute Gasteiger partial charge is 0.374 e. The second kappa shape index (κ2) is 6.51. The van der Waals surface area contributed by atoms with Crippen molar-refractivity contribution in [2.45, 2.75) is 32.3 Å². The Balaban J connectivity index is 1.83. The van der Waals surface area contributed by atoms with Crippen LogP contribution in [0.5, 0.6) is 0 Å². The molecule has 0 aliphatic carbocycles. The van der Waals surface area contributed by atoms with Crippen molar-refractivity contribution in [1.82, 2.24) is 10.6 Å². The number of morpholine rings is 1. The Labute approximate surface area is 116 Å². The molecule has 1 aromatic rings. The fourth-order valence-electron chi connectivity index (χ4n) is 2.46. The summed E-state index contributed by atoms with van der Waals surface area (Å²) in [5, 5.41) is 6.90. The van der Waals surface area contributed by atoms with Crippen molar-refractivity contribution in [3.63, 3.8) is 0 Å². The van der Waals surface area contributed by atoms with Crippen molar-refractivity contribution < 1.29 is 4.74 Å². The molecule has 3 heteroatoms. The quantitative estimate of drug-likeness (QED) is 0.849. The van der Waals surface area contributed by atoms with Crippen molar-refractivity contribution in [1.29, 1.82) is 0 Å². The third-order valence-corrected chi connectivity index (χ3v) is 3.74. The van der Waals surface area contributed by atoms with Crippen LogP contribution in [0, 0.1) is 6.92 Å². The number of benzene rings is 1. The lowest BCUT2D eigenvalue weighted by atomic mass is 9.84. The van der Waals surface area contributed by atoms with Crippen LogP contribution in [0.4, 0.5) is 0 Å². The first-order valence-electron chi connectivity index (χ1n) is 7.18. The standard InChI is InChI=1S/C16H26N2O/c1-13-5-4-6-14(9-13)16(2,3)12-18-11-15-10-17-7-8-19-15/h4-6,9,15,17-18H,7-8,10-12H2,1-3H3. The second-order valence-corrected chi connectivity index (χ2v) is 6.08. The summed E-state index contributed by atoms with van der Waals surface area (Å²) in [5.74, 6) is 0. The van der Waals surface area contributed by atoms with Gasteiger partial charge in [0.25, 0.3) is 0 Å². The van der Waals surface area contributed by atoms with Crippen LogP contribution in [0.15, 0.2) is 24.3 Å². The molecule has 1 aromatic carbocycles. The third-order valence-electron chi connectivity index (χ3n) is 3.74. The Kier molecular flexibility index (Phi) is 4.97. The van der Waals surface area contributed by atoms with Gasteiger partial charge in [-0.2, -0.15) is 0 Å². The Morgan fingerprint density at radius 2 is 2.26 bits per heavy atom. The summed E-state index contributed by atoms with van der Waals surface area (Å²) in [6, 6.07) is 8.78. The van der Waals surface area contributed by atoms with E-state index in [-0.39, 0.29) is 5.41 Å². The lowest BCUT2D eigenvalue weighted by Crippen LogP contribution is -2.46. The van der Waals surface area contributed by atoms with E-state index in [1.165, 1.54) is 11.1 Å². The highest BCUT2D eigenvalue weighted by Crippen LogP contribution is 2.22. The Hall–Kier alpha value is -0.900. The molecule has 1 saturated heterocycles. The van der Waals surface area contributed by atoms with Crippen LogP contribution in [0.1, 0.15) is 25.0 Å². The maximum atomic E-state index is 5.69. The summed E-state index contributed by atoms with van der Waals surface area (Å²) in [4.78, 5) is 0. The first-order chi connectivity index (χ1) is 9.08. The zero-order chi connectivity index (χ0) is 13.7. The molecule has 1 unspecified atom stereocenters. The molecule has 3 nitrogen and oxygen atoms in total. The second-order valence-electron chi connectivity index (χ2n) is 6.08. The average Bonchev–Trinajstić information content (AvgIpc) is 2.40. The number of nitrogens with one attached hydrogen (secondary N) is 2. The van der Waals surface area contributed by atoms with Gasteiger partial charge in [-0.25, -0.2) is 0 Å². The van der Waals surface area contributed by atoms with E-state index in [0.717, 1.165) is 32.8 Å². The smallest absolute Gasteiger partial charge is 0.0824 e. The predicted octanol–water partition coefficient (Wildman–Crippen LogP) is 1.85. The average molecular weight is 262 g/mol. The van der Waals surface area contributed by atoms with Gasteiger partial charge in [-0.15, -0.1) is 0 Å². The van der Waals surface area contributed by atoms with Crippen molar-refractivity contribution in [3.05, 3.63) is 35.4 Å². The molecule has 1 atom stereocenters. The van der Waals surface area contributed by atoms with Gasteiger partial charge in [-0.05, 0) is 12.5 Å². The molecule has 0 saturated carbocycles. The minimum absolute atomic E-state index is 0.147. The van der Waals surface area contributed by atoms with Gasteiger partial charge in [0.05, 0.1) is 12.7 Å². The minimum atomic E-state index is 0.147. The number of hydrogen-bond donors (Lipinski definition) is 2. The van der Waals surface area contributed by atoms with E-state index in [0.29, 0.717) is 6.10 Å². The van der Waals surface area contributed by atoms with Gasteiger partial charge in [0.15, 0.2) is 0 Å². The van der Waals surface area contributed by atoms with E-state index in [1.807, 2.05) is 0 Å². The molecular weight excluding hydrogens is 236 g/mol. The van der Waals surface area contributed by atoms with Crippen LogP contribution in [0.3, 0.4) is 0 Å². The van der Waals surface area contributed by atoms with E-state index in [9.17, 15) is 0 Å². The monoisotopic (exact) mass is 262 g/mol. The van der Waals surface area contributed by atoms with Crippen LogP contribution < -0.4 is 10.6 Å². The number of hydrogen-bond acceptors (Lipinski definition) is 3. The fourth-order valence-corrected chi connectivity index (χ4v) is 2.46. The molecule has 0 amide bonds. The molecule has 1 aliphatic heterocycles. The SMILES string of the molecule is Cc1cccc(C(C)(C)CNCC2CNCCO2)c1. The Morgan fingerprint density at radius 1 is 1.42 bits per heavy atom. The van der Waals surface area contributed by atoms with Crippen molar-refractivity contribution in [3.8, 4) is 0 Å². The number of ether oxygens (including phenoxy) is 1. The summed E-state index contributed by atoms with van der Waals surface area (Å²) < 4.78 is 5.69. The minimum Gasteiger partial charge on any atom is -0.374 e. The first-order valence-corrected chi connectivity index (χ1v) is 7.18. The molecule has 0 radical (unpaired) electrons. The summed E-state index contributed by atoms with van der Waals surface area (Å²) in [7, 11) is 0. The van der Waals surface area contributed by atoms with Crippen LogP contribution in [-0.2, 0) is 10.2 Å². The van der Waals surface area contributed by atoms with Crippen LogP contribution in [0.25, 0.3) is 0 Å². The highest BCUT2D eigenvalue weighted by atomic mass is 16.5. The highest BCUT2D eigenvalue weighted by molar-refractivity contribution is 5.28. The number of aryl methyl sites for hydroxylation is 1. The van der Waals surface area contributed by atoms with Crippen molar-refractivity contribution >= 4 is 0 Å². The summed E-state index contributed by atoms with van der Waals surface area (Å²) >= 11 is 0. The maximum Gasteiger partial charge on any atom is 0.0824 e. The van der Waals surface area contributed by atoms with Crippen LogP contribution >= 0.6 is 0 Å². The molecule has 0 bridgehead atoms. The van der Waals surface area contributed by atoms with Crippen molar-refractivity contribution in [2.24, 2.45) is 0 Å². The molecule has 2 N–H and O–H groups in total. The molecule has 106 valence electrons. The van der Waals surface area contributed by atoms with Gasteiger partial charge < -0.3 is 15.4 Å². The lowest BCUT2D eigenvalue weighted by Gasteiger charge is -2.29. The maximum absolute atomic E-state index is 5.69. The number of rotatable bonds is 5. The molecule has 1 heterocycles. The van der Waals surface area contributed by atoms with E-state index in [1.54, 1.807) is 0 Å². The van der Waals surface area contributed by atoms with E-state index in [2.05, 4.69) is 55.7 Å². The Morgan fingerprint density at radius 3 is 2.95 bits per heavy atom. The van der Waals surface area contributed by atoms with E-state index >= 15 is 0 Å². The molecule has 0 aromatic heterocycles. The van der Waals surface area contributed by atoms with Gasteiger partial charge in [0.2, 0.25) is 0 Å². The molecule has 1 fully saturated rings. The van der Waals surface area contributed by atoms with E-state index < -0.39 is 0 Å². The fraction of sp³-hybridized carbons (Fsp3) is 0.625. The first kappa shape index (κ1) is 14.5. The normalized spacial score (nSPS) is 20.5. The molecule has 2 rings (SSSR count). The van der Waals surface area contributed by atoms with Gasteiger partial charge >= 0.3 is 0 Å². The molecular formula is C16H26N2O. The molecule has 0 spiro atoms. The van der Waals surface area contributed by atoms with E-state index in [4.69, 9.17) is 4.74 Å². The van der Waals surface area contributed by atoms with Gasteiger partial charge in [0.1, 0.15) is 0 Å².